The summed E-state index contributed by atoms with van der Waals surface area (Å²) in [7, 11) is 3.23. The molecule has 0 bridgehead atoms. The lowest BCUT2D eigenvalue weighted by Gasteiger charge is -2.11. The Kier molecular flexibility index (Phi) is 19.3. The van der Waals surface area contributed by atoms with Gasteiger partial charge in [-0.25, -0.2) is 28.7 Å². The van der Waals surface area contributed by atoms with Crippen molar-refractivity contribution in [1.82, 2.24) is 39.9 Å². The summed E-state index contributed by atoms with van der Waals surface area (Å²) in [5.74, 6) is 2.03. The first-order valence-electron chi connectivity index (χ1n) is 22.8. The van der Waals surface area contributed by atoms with Crippen LogP contribution in [-0.2, 0) is 38.3 Å². The van der Waals surface area contributed by atoms with Crippen molar-refractivity contribution in [3.05, 3.63) is 187 Å². The van der Waals surface area contributed by atoms with Crippen LogP contribution in [0.4, 0.5) is 55.1 Å². The number of hydrogen-bond donors (Lipinski definition) is 6. The van der Waals surface area contributed by atoms with E-state index in [0.717, 1.165) is 40.7 Å². The molecular weight excluding hydrogens is 939 g/mol. The van der Waals surface area contributed by atoms with Gasteiger partial charge in [-0.1, -0.05) is 30.3 Å². The van der Waals surface area contributed by atoms with Crippen LogP contribution in [0.5, 0.6) is 11.5 Å². The van der Waals surface area contributed by atoms with Gasteiger partial charge in [0, 0.05) is 81.0 Å². The SMILES string of the molecule is COCCOc1ccc(Nc2ncc(F)c(Nc3ccc(CC(=O)/C=C/c4ncc[nH]4)cc3)n2)cc1.COCCOc1ccc(Nc2ncc(F)c(Nc3cccc(CC(=O)/C=C/Cc4ncc[nH]4)c3)n2)cc1. The van der Waals surface area contributed by atoms with Gasteiger partial charge in [0.15, 0.2) is 34.8 Å². The topological polar surface area (TPSA) is 228 Å². The maximum absolute atomic E-state index is 14.4. The number of halogens is 2. The second-order valence-corrected chi connectivity index (χ2v) is 15.6. The number of carbonyl (C=O) groups is 2. The van der Waals surface area contributed by atoms with E-state index in [2.05, 4.69) is 61.1 Å². The first-order chi connectivity index (χ1) is 35.7. The van der Waals surface area contributed by atoms with Crippen LogP contribution in [-0.4, -0.2) is 92.1 Å². The number of aromatic amines is 2. The quantitative estimate of drug-likeness (QED) is 0.0231. The summed E-state index contributed by atoms with van der Waals surface area (Å²) < 4.78 is 49.8. The lowest BCUT2D eigenvalue weighted by molar-refractivity contribution is -0.114. The largest absolute Gasteiger partial charge is 0.491 e. The van der Waals surface area contributed by atoms with Crippen LogP contribution in [0.2, 0.25) is 0 Å². The Balaban J connectivity index is 0.000000214. The summed E-state index contributed by atoms with van der Waals surface area (Å²) in [5, 5.41) is 12.0. The van der Waals surface area contributed by atoms with Gasteiger partial charge in [0.1, 0.15) is 36.4 Å². The summed E-state index contributed by atoms with van der Waals surface area (Å²) in [6, 6.07) is 28.8. The summed E-state index contributed by atoms with van der Waals surface area (Å²) in [5.41, 5.74) is 4.29. The fraction of sp³-hybridized carbons (Fsp3) is 0.170. The Hall–Kier alpha value is -9.14. The minimum absolute atomic E-state index is 0.0128. The number of nitrogens with zero attached hydrogens (tertiary/aromatic N) is 6. The van der Waals surface area contributed by atoms with E-state index >= 15 is 0 Å². The molecule has 374 valence electrons. The van der Waals surface area contributed by atoms with Gasteiger partial charge in [-0.15, -0.1) is 0 Å². The summed E-state index contributed by atoms with van der Waals surface area (Å²) in [4.78, 5) is 55.1. The Morgan fingerprint density at radius 1 is 0.575 bits per heavy atom. The van der Waals surface area contributed by atoms with Gasteiger partial charge < -0.3 is 50.2 Å². The maximum Gasteiger partial charge on any atom is 0.229 e. The average Bonchev–Trinajstić information content (AvgIpc) is 4.13. The minimum Gasteiger partial charge on any atom is -0.491 e. The van der Waals surface area contributed by atoms with Crippen LogP contribution in [0, 0.1) is 11.6 Å². The number of ketones is 2. The number of H-pyrrole nitrogens is 2. The second-order valence-electron chi connectivity index (χ2n) is 15.6. The molecule has 4 aromatic carbocycles. The van der Waals surface area contributed by atoms with E-state index in [-0.39, 0.29) is 47.9 Å². The van der Waals surface area contributed by atoms with Crippen molar-refractivity contribution in [2.75, 3.05) is 61.9 Å². The number of anilines is 8. The number of carbonyl (C=O) groups excluding carboxylic acids is 2. The number of methoxy groups -OCH3 is 2. The number of aromatic nitrogens is 8. The second kappa shape index (κ2) is 27.3. The van der Waals surface area contributed by atoms with Crippen molar-refractivity contribution >= 4 is 63.9 Å². The molecule has 0 fully saturated rings. The predicted molar refractivity (Wildman–Crippen MR) is 274 cm³/mol. The van der Waals surface area contributed by atoms with Gasteiger partial charge >= 0.3 is 0 Å². The number of benzene rings is 4. The zero-order valence-corrected chi connectivity index (χ0v) is 39.8. The van der Waals surface area contributed by atoms with Gasteiger partial charge in [0.2, 0.25) is 11.9 Å². The molecule has 6 N–H and O–H groups in total. The van der Waals surface area contributed by atoms with Crippen molar-refractivity contribution in [3.8, 4) is 11.5 Å². The molecule has 0 atom stereocenters. The molecular formula is C53H52F2N12O6. The standard InChI is InChI=1S/C27H27FN6O3.C26H25FN6O3/c1-36-14-15-37-23-10-8-20(9-11-23)33-27-31-18-24(28)26(34-27)32-21-5-2-4-19(16-21)17-22(35)6-3-7-25-29-12-13-30-25;1-35-14-15-36-22-9-6-20(7-10-22)32-26-30-17-23(27)25(33-26)31-19-4-2-18(3-5-19)16-21(34)8-11-24-28-12-13-29-24/h2-6,8-13,16,18H,7,14-15,17H2,1H3,(H,29,30)(H2,31,32,33,34);2-13,17H,14-16H2,1H3,(H,28,29)(H2,30,31,32,33)/b6-3+;11-8+. The minimum atomic E-state index is -0.602. The molecule has 4 aromatic heterocycles. The molecule has 0 spiro atoms. The zero-order chi connectivity index (χ0) is 51.0. The number of imidazole rings is 2. The van der Waals surface area contributed by atoms with E-state index in [0.29, 0.717) is 61.5 Å². The van der Waals surface area contributed by atoms with E-state index in [4.69, 9.17) is 18.9 Å². The van der Waals surface area contributed by atoms with Crippen LogP contribution in [0.15, 0.2) is 152 Å². The fourth-order valence-corrected chi connectivity index (χ4v) is 6.55. The molecule has 8 aromatic rings. The maximum atomic E-state index is 14.4. The lowest BCUT2D eigenvalue weighted by Crippen LogP contribution is -2.05. The first-order valence-corrected chi connectivity index (χ1v) is 22.8. The van der Waals surface area contributed by atoms with Crippen molar-refractivity contribution in [2.45, 2.75) is 19.3 Å². The summed E-state index contributed by atoms with van der Waals surface area (Å²) in [6.07, 6.45) is 16.3. The van der Waals surface area contributed by atoms with Crippen molar-refractivity contribution in [1.29, 1.82) is 0 Å². The fourth-order valence-electron chi connectivity index (χ4n) is 6.55. The highest BCUT2D eigenvalue weighted by Crippen LogP contribution is 2.25. The Morgan fingerprint density at radius 3 is 1.67 bits per heavy atom. The molecule has 0 aliphatic carbocycles. The number of rotatable bonds is 25. The third kappa shape index (κ3) is 17.3. The zero-order valence-electron chi connectivity index (χ0n) is 39.8. The van der Waals surface area contributed by atoms with Crippen molar-refractivity contribution in [3.63, 3.8) is 0 Å². The van der Waals surface area contributed by atoms with Gasteiger partial charge in [-0.2, -0.15) is 9.97 Å². The van der Waals surface area contributed by atoms with Gasteiger partial charge in [-0.05, 0) is 102 Å². The number of allylic oxidation sites excluding steroid dienone is 3. The molecule has 8 rings (SSSR count). The molecule has 0 radical (unpaired) electrons. The molecule has 0 aliphatic rings. The van der Waals surface area contributed by atoms with Crippen LogP contribution in [0.3, 0.4) is 0 Å². The van der Waals surface area contributed by atoms with Gasteiger partial charge in [0.05, 0.1) is 25.6 Å². The van der Waals surface area contributed by atoms with Gasteiger partial charge in [-0.3, -0.25) is 9.59 Å². The molecule has 20 heteroatoms. The smallest absolute Gasteiger partial charge is 0.229 e. The van der Waals surface area contributed by atoms with E-state index in [1.54, 1.807) is 124 Å². The third-order valence-corrected chi connectivity index (χ3v) is 10.1. The van der Waals surface area contributed by atoms with Crippen molar-refractivity contribution < 1.29 is 37.3 Å². The Labute approximate surface area is 419 Å². The molecule has 0 saturated heterocycles. The number of nitrogens with one attached hydrogen (secondary N) is 6. The highest BCUT2D eigenvalue weighted by Gasteiger charge is 2.12. The molecule has 4 heterocycles. The molecule has 0 amide bonds. The molecule has 0 unspecified atom stereocenters. The van der Waals surface area contributed by atoms with E-state index < -0.39 is 11.6 Å². The summed E-state index contributed by atoms with van der Waals surface area (Å²) >= 11 is 0. The lowest BCUT2D eigenvalue weighted by atomic mass is 10.1. The highest BCUT2D eigenvalue weighted by atomic mass is 19.1. The van der Waals surface area contributed by atoms with Crippen LogP contribution in [0.25, 0.3) is 6.08 Å². The monoisotopic (exact) mass is 990 g/mol. The normalized spacial score (nSPS) is 11.0. The number of ether oxygens (including phenoxy) is 4. The molecule has 73 heavy (non-hydrogen) atoms. The van der Waals surface area contributed by atoms with Crippen LogP contribution in [0.1, 0.15) is 22.8 Å². The Morgan fingerprint density at radius 2 is 1.11 bits per heavy atom. The van der Waals surface area contributed by atoms with E-state index in [1.165, 1.54) is 6.08 Å². The van der Waals surface area contributed by atoms with Crippen LogP contribution >= 0.6 is 0 Å². The highest BCUT2D eigenvalue weighted by molar-refractivity contribution is 5.94. The molecule has 18 nitrogen and oxygen atoms in total. The van der Waals surface area contributed by atoms with Crippen molar-refractivity contribution in [2.24, 2.45) is 0 Å². The Bertz CT molecular complexity index is 3030. The van der Waals surface area contributed by atoms with Gasteiger partial charge in [0.25, 0.3) is 0 Å². The third-order valence-electron chi connectivity index (χ3n) is 10.1. The molecule has 0 saturated carbocycles. The van der Waals surface area contributed by atoms with Crippen LogP contribution < -0.4 is 30.7 Å². The van der Waals surface area contributed by atoms with E-state index in [1.807, 2.05) is 30.3 Å². The first kappa shape index (κ1) is 51.7. The summed E-state index contributed by atoms with van der Waals surface area (Å²) in [6.45, 7) is 1.92. The number of hydrogen-bond acceptors (Lipinski definition) is 16. The predicted octanol–water partition coefficient (Wildman–Crippen LogP) is 9.44. The van der Waals surface area contributed by atoms with E-state index in [9.17, 15) is 18.4 Å². The average molecular weight is 991 g/mol. The molecule has 0 aliphatic heterocycles.